The fourth-order valence-corrected chi connectivity index (χ4v) is 2.63. The van der Waals surface area contributed by atoms with E-state index in [0.29, 0.717) is 10.9 Å². The lowest BCUT2D eigenvalue weighted by Crippen LogP contribution is -2.27. The Hall–Kier alpha value is -1.26. The minimum absolute atomic E-state index is 0.449. The van der Waals surface area contributed by atoms with E-state index in [1.807, 2.05) is 32.9 Å². The van der Waals surface area contributed by atoms with Crippen LogP contribution in [0.4, 0.5) is 10.5 Å². The van der Waals surface area contributed by atoms with Crippen molar-refractivity contribution in [3.05, 3.63) is 28.8 Å². The van der Waals surface area contributed by atoms with Crippen molar-refractivity contribution in [1.82, 2.24) is 5.32 Å². The molecule has 4 nitrogen and oxygen atoms in total. The maximum atomic E-state index is 11.9. The normalized spacial score (nSPS) is 18.6. The van der Waals surface area contributed by atoms with E-state index in [1.54, 1.807) is 6.07 Å². The number of nitrogens with one attached hydrogen (secondary N) is 2. The summed E-state index contributed by atoms with van der Waals surface area (Å²) < 4.78 is 5.30. The number of carbonyl (C=O) groups excluding carboxylic acids is 1. The van der Waals surface area contributed by atoms with Crippen LogP contribution in [0, 0.1) is 5.92 Å². The Labute approximate surface area is 131 Å². The Kier molecular flexibility index (Phi) is 5.12. The molecule has 1 heterocycles. The number of halogens is 1. The number of amides is 1. The summed E-state index contributed by atoms with van der Waals surface area (Å²) in [5, 5.41) is 6.78. The molecule has 2 N–H and O–H groups in total. The van der Waals surface area contributed by atoms with Crippen LogP contribution in [0.3, 0.4) is 0 Å². The van der Waals surface area contributed by atoms with Crippen LogP contribution in [0.1, 0.15) is 32.8 Å². The molecule has 116 valence electrons. The van der Waals surface area contributed by atoms with Gasteiger partial charge in [-0.25, -0.2) is 4.79 Å². The predicted molar refractivity (Wildman–Crippen MR) is 86.0 cm³/mol. The third kappa shape index (κ3) is 5.21. The molecule has 0 spiro atoms. The Morgan fingerprint density at radius 3 is 2.86 bits per heavy atom. The third-order valence-electron chi connectivity index (χ3n) is 3.38. The van der Waals surface area contributed by atoms with E-state index < -0.39 is 11.7 Å². The van der Waals surface area contributed by atoms with Gasteiger partial charge in [-0.1, -0.05) is 17.7 Å². The Balaban J connectivity index is 2.09. The van der Waals surface area contributed by atoms with Crippen LogP contribution in [-0.4, -0.2) is 24.8 Å². The lowest BCUT2D eigenvalue weighted by molar-refractivity contribution is 0.0636. The first-order chi connectivity index (χ1) is 9.83. The summed E-state index contributed by atoms with van der Waals surface area (Å²) in [7, 11) is 0. The molecule has 1 aliphatic rings. The highest BCUT2D eigenvalue weighted by Gasteiger charge is 2.20. The molecule has 0 aromatic heterocycles. The summed E-state index contributed by atoms with van der Waals surface area (Å²) >= 11 is 6.05. The number of anilines is 1. The van der Waals surface area contributed by atoms with Crippen LogP contribution in [0.2, 0.25) is 5.02 Å². The number of ether oxygens (including phenoxy) is 1. The van der Waals surface area contributed by atoms with Gasteiger partial charge in [-0.3, -0.25) is 5.32 Å². The summed E-state index contributed by atoms with van der Waals surface area (Å²) in [4.78, 5) is 11.9. The summed E-state index contributed by atoms with van der Waals surface area (Å²) in [6.07, 6.45) is 1.64. The van der Waals surface area contributed by atoms with Gasteiger partial charge in [0.1, 0.15) is 5.60 Å². The molecular formula is C16H23ClN2O2. The Morgan fingerprint density at radius 2 is 2.24 bits per heavy atom. The molecule has 1 fully saturated rings. The summed E-state index contributed by atoms with van der Waals surface area (Å²) in [5.41, 5.74) is 1.32. The smallest absolute Gasteiger partial charge is 0.412 e. The lowest BCUT2D eigenvalue weighted by Gasteiger charge is -2.21. The number of rotatable bonds is 3. The van der Waals surface area contributed by atoms with Gasteiger partial charge in [0, 0.05) is 10.7 Å². The molecule has 1 saturated heterocycles. The highest BCUT2D eigenvalue weighted by Crippen LogP contribution is 2.26. The van der Waals surface area contributed by atoms with E-state index in [9.17, 15) is 4.79 Å². The second-order valence-electron chi connectivity index (χ2n) is 6.49. The number of carbonyl (C=O) groups is 1. The highest BCUT2D eigenvalue weighted by atomic mass is 35.5. The molecule has 1 atom stereocenters. The van der Waals surface area contributed by atoms with Crippen LogP contribution in [0.15, 0.2) is 18.2 Å². The Morgan fingerprint density at radius 1 is 1.48 bits per heavy atom. The van der Waals surface area contributed by atoms with Crippen molar-refractivity contribution < 1.29 is 9.53 Å². The fourth-order valence-electron chi connectivity index (χ4n) is 2.46. The maximum absolute atomic E-state index is 11.9. The van der Waals surface area contributed by atoms with Gasteiger partial charge in [0.15, 0.2) is 0 Å². The van der Waals surface area contributed by atoms with Crippen LogP contribution in [-0.2, 0) is 11.2 Å². The molecule has 1 aliphatic heterocycles. The topological polar surface area (TPSA) is 50.4 Å². The third-order valence-corrected chi connectivity index (χ3v) is 3.61. The molecule has 0 bridgehead atoms. The molecule has 1 unspecified atom stereocenters. The van der Waals surface area contributed by atoms with Crippen molar-refractivity contribution in [2.24, 2.45) is 5.92 Å². The highest BCUT2D eigenvalue weighted by molar-refractivity contribution is 6.31. The van der Waals surface area contributed by atoms with Crippen LogP contribution < -0.4 is 10.6 Å². The van der Waals surface area contributed by atoms with Crippen molar-refractivity contribution in [3.8, 4) is 0 Å². The van der Waals surface area contributed by atoms with Gasteiger partial charge in [0.05, 0.1) is 0 Å². The fraction of sp³-hybridized carbons (Fsp3) is 0.562. The quantitative estimate of drug-likeness (QED) is 0.892. The van der Waals surface area contributed by atoms with Crippen molar-refractivity contribution in [1.29, 1.82) is 0 Å². The van der Waals surface area contributed by atoms with E-state index in [0.717, 1.165) is 37.2 Å². The monoisotopic (exact) mass is 310 g/mol. The number of hydrogen-bond acceptors (Lipinski definition) is 3. The lowest BCUT2D eigenvalue weighted by atomic mass is 9.97. The van der Waals surface area contributed by atoms with E-state index in [1.165, 1.54) is 0 Å². The molecular weight excluding hydrogens is 288 g/mol. The van der Waals surface area contributed by atoms with Gasteiger partial charge in [-0.2, -0.15) is 0 Å². The zero-order valence-corrected chi connectivity index (χ0v) is 13.6. The Bertz CT molecular complexity index is 505. The van der Waals surface area contributed by atoms with Gasteiger partial charge < -0.3 is 10.1 Å². The van der Waals surface area contributed by atoms with Gasteiger partial charge in [0.25, 0.3) is 0 Å². The number of hydrogen-bond donors (Lipinski definition) is 2. The van der Waals surface area contributed by atoms with Gasteiger partial charge >= 0.3 is 6.09 Å². The van der Waals surface area contributed by atoms with E-state index in [4.69, 9.17) is 16.3 Å². The van der Waals surface area contributed by atoms with Gasteiger partial charge in [-0.15, -0.1) is 0 Å². The van der Waals surface area contributed by atoms with Gasteiger partial charge in [-0.05, 0) is 70.3 Å². The molecule has 0 aliphatic carbocycles. The second kappa shape index (κ2) is 6.67. The average molecular weight is 311 g/mol. The average Bonchev–Trinajstić information content (AvgIpc) is 2.83. The first-order valence-corrected chi connectivity index (χ1v) is 7.70. The molecule has 0 radical (unpaired) electrons. The molecule has 21 heavy (non-hydrogen) atoms. The SMILES string of the molecule is CC(C)(C)OC(=O)Nc1cc(Cl)ccc1CC1CCNC1. The summed E-state index contributed by atoms with van der Waals surface area (Å²) in [6.45, 7) is 7.61. The summed E-state index contributed by atoms with van der Waals surface area (Å²) in [5.74, 6) is 0.602. The zero-order chi connectivity index (χ0) is 15.5. The minimum atomic E-state index is -0.516. The molecule has 1 aromatic carbocycles. The zero-order valence-electron chi connectivity index (χ0n) is 12.8. The van der Waals surface area contributed by atoms with Crippen LogP contribution in [0.5, 0.6) is 0 Å². The molecule has 0 saturated carbocycles. The molecule has 2 rings (SSSR count). The van der Waals surface area contributed by atoms with Crippen molar-refractivity contribution in [2.45, 2.75) is 39.2 Å². The number of benzene rings is 1. The van der Waals surface area contributed by atoms with Crippen molar-refractivity contribution in [2.75, 3.05) is 18.4 Å². The molecule has 5 heteroatoms. The summed E-state index contributed by atoms with van der Waals surface area (Å²) in [6, 6.07) is 5.62. The van der Waals surface area contributed by atoms with E-state index in [-0.39, 0.29) is 0 Å². The first-order valence-electron chi connectivity index (χ1n) is 7.32. The predicted octanol–water partition coefficient (Wildman–Crippen LogP) is 3.84. The van der Waals surface area contributed by atoms with Crippen LogP contribution >= 0.6 is 11.6 Å². The van der Waals surface area contributed by atoms with Crippen molar-refractivity contribution in [3.63, 3.8) is 0 Å². The van der Waals surface area contributed by atoms with Crippen molar-refractivity contribution >= 4 is 23.4 Å². The maximum Gasteiger partial charge on any atom is 0.412 e. The first kappa shape index (κ1) is 16.1. The standard InChI is InChI=1S/C16H23ClN2O2/c1-16(2,3)21-15(20)19-14-9-13(17)5-4-12(14)8-11-6-7-18-10-11/h4-5,9,11,18H,6-8,10H2,1-3H3,(H,19,20). The second-order valence-corrected chi connectivity index (χ2v) is 6.93. The molecule has 1 amide bonds. The van der Waals surface area contributed by atoms with Crippen LogP contribution in [0.25, 0.3) is 0 Å². The van der Waals surface area contributed by atoms with E-state index >= 15 is 0 Å². The van der Waals surface area contributed by atoms with E-state index in [2.05, 4.69) is 10.6 Å². The largest absolute Gasteiger partial charge is 0.444 e. The van der Waals surface area contributed by atoms with Gasteiger partial charge in [0.2, 0.25) is 0 Å². The molecule has 1 aromatic rings. The minimum Gasteiger partial charge on any atom is -0.444 e.